The van der Waals surface area contributed by atoms with Gasteiger partial charge in [-0.25, -0.2) is 8.42 Å². The number of amides is 1. The highest BCUT2D eigenvalue weighted by Crippen LogP contribution is 2.33. The Labute approximate surface area is 104 Å². The van der Waals surface area contributed by atoms with Crippen molar-refractivity contribution in [3.63, 3.8) is 0 Å². The van der Waals surface area contributed by atoms with Crippen LogP contribution in [0.1, 0.15) is 10.4 Å². The average molecular weight is 260 g/mol. The zero-order chi connectivity index (χ0) is 12.8. The summed E-state index contributed by atoms with van der Waals surface area (Å²) in [6, 6.07) is 9.29. The molecule has 18 heavy (non-hydrogen) atoms. The molecule has 1 aliphatic rings. The van der Waals surface area contributed by atoms with Gasteiger partial charge in [0.05, 0.1) is 17.4 Å². The fourth-order valence-corrected chi connectivity index (χ4v) is 3.50. The van der Waals surface area contributed by atoms with Crippen LogP contribution in [0.4, 0.5) is 5.69 Å². The predicted molar refractivity (Wildman–Crippen MR) is 64.7 cm³/mol. The van der Waals surface area contributed by atoms with Crippen molar-refractivity contribution in [2.75, 3.05) is 4.31 Å². The van der Waals surface area contributed by atoms with Gasteiger partial charge < -0.3 is 0 Å². The van der Waals surface area contributed by atoms with Crippen LogP contribution in [0.3, 0.4) is 0 Å². The number of nitrogens with zero attached hydrogens (tertiary/aromatic N) is 2. The molecule has 0 bridgehead atoms. The van der Waals surface area contributed by atoms with E-state index in [0.717, 1.165) is 4.31 Å². The number of carbonyl (C=O) groups is 1. The lowest BCUT2D eigenvalue weighted by atomic mass is 10.2. The molecule has 6 heteroatoms. The summed E-state index contributed by atoms with van der Waals surface area (Å²) in [6.07, 6.45) is 2.87. The topological polar surface area (TPSA) is 67.3 Å². The van der Waals surface area contributed by atoms with E-state index < -0.39 is 15.9 Å². The minimum atomic E-state index is -3.80. The minimum absolute atomic E-state index is 0.0406. The van der Waals surface area contributed by atoms with E-state index in [9.17, 15) is 13.2 Å². The van der Waals surface area contributed by atoms with Gasteiger partial charge in [-0.1, -0.05) is 12.1 Å². The van der Waals surface area contributed by atoms with Crippen LogP contribution in [0.2, 0.25) is 0 Å². The maximum absolute atomic E-state index is 12.3. The maximum Gasteiger partial charge on any atom is 0.273 e. The zero-order valence-electron chi connectivity index (χ0n) is 9.15. The molecule has 2 heterocycles. The highest BCUT2D eigenvalue weighted by Gasteiger charge is 2.41. The molecule has 5 nitrogen and oxygen atoms in total. The number of aromatic nitrogens is 1. The first-order valence-electron chi connectivity index (χ1n) is 5.21. The lowest BCUT2D eigenvalue weighted by Crippen LogP contribution is -2.29. The summed E-state index contributed by atoms with van der Waals surface area (Å²) in [5, 5.41) is 0. The van der Waals surface area contributed by atoms with Crippen molar-refractivity contribution in [3.8, 4) is 0 Å². The molecule has 2 aromatic rings. The van der Waals surface area contributed by atoms with Gasteiger partial charge in [0.25, 0.3) is 15.9 Å². The van der Waals surface area contributed by atoms with Crippen LogP contribution in [-0.4, -0.2) is 19.3 Å². The molecule has 90 valence electrons. The van der Waals surface area contributed by atoms with E-state index in [1.807, 2.05) is 0 Å². The number of benzene rings is 1. The van der Waals surface area contributed by atoms with Crippen LogP contribution < -0.4 is 4.31 Å². The Bertz CT molecular complexity index is 726. The second-order valence-corrected chi connectivity index (χ2v) is 5.54. The predicted octanol–water partition coefficient (Wildman–Crippen LogP) is 1.43. The van der Waals surface area contributed by atoms with Crippen molar-refractivity contribution < 1.29 is 13.2 Å². The summed E-state index contributed by atoms with van der Waals surface area (Å²) in [4.78, 5) is 16.0. The Morgan fingerprint density at radius 1 is 1.06 bits per heavy atom. The molecular weight excluding hydrogens is 252 g/mol. The molecule has 1 aromatic carbocycles. The summed E-state index contributed by atoms with van der Waals surface area (Å²) >= 11 is 0. The Hall–Kier alpha value is -2.21. The third-order valence-electron chi connectivity index (χ3n) is 2.70. The zero-order valence-corrected chi connectivity index (χ0v) is 9.96. The number of sulfonamides is 1. The minimum Gasteiger partial charge on any atom is -0.268 e. The second kappa shape index (κ2) is 3.64. The highest BCUT2D eigenvalue weighted by molar-refractivity contribution is 7.94. The molecule has 0 N–H and O–H groups in total. The van der Waals surface area contributed by atoms with Crippen molar-refractivity contribution in [3.05, 3.63) is 54.4 Å². The van der Waals surface area contributed by atoms with Crippen molar-refractivity contribution in [1.29, 1.82) is 0 Å². The lowest BCUT2D eigenvalue weighted by Gasteiger charge is -2.13. The molecule has 1 aliphatic heterocycles. The van der Waals surface area contributed by atoms with Gasteiger partial charge in [-0.2, -0.15) is 4.31 Å². The summed E-state index contributed by atoms with van der Waals surface area (Å²) < 4.78 is 25.3. The van der Waals surface area contributed by atoms with E-state index in [2.05, 4.69) is 4.98 Å². The Morgan fingerprint density at radius 2 is 1.83 bits per heavy atom. The number of pyridine rings is 1. The smallest absolute Gasteiger partial charge is 0.268 e. The van der Waals surface area contributed by atoms with E-state index in [4.69, 9.17) is 0 Å². The van der Waals surface area contributed by atoms with E-state index in [-0.39, 0.29) is 16.1 Å². The monoisotopic (exact) mass is 260 g/mol. The van der Waals surface area contributed by atoms with Crippen molar-refractivity contribution in [2.24, 2.45) is 0 Å². The van der Waals surface area contributed by atoms with E-state index in [1.54, 1.807) is 18.2 Å². The normalized spacial score (nSPS) is 16.7. The Kier molecular flexibility index (Phi) is 2.21. The maximum atomic E-state index is 12.3. The van der Waals surface area contributed by atoms with E-state index in [1.165, 1.54) is 30.6 Å². The molecule has 0 saturated heterocycles. The summed E-state index contributed by atoms with van der Waals surface area (Å²) in [6.45, 7) is 0. The first kappa shape index (κ1) is 10.9. The van der Waals surface area contributed by atoms with Gasteiger partial charge >= 0.3 is 0 Å². The van der Waals surface area contributed by atoms with Crippen LogP contribution in [0.25, 0.3) is 0 Å². The van der Waals surface area contributed by atoms with Gasteiger partial charge in [0.1, 0.15) is 4.90 Å². The molecule has 1 amide bonds. The molecule has 0 unspecified atom stereocenters. The van der Waals surface area contributed by atoms with Crippen LogP contribution in [0.15, 0.2) is 53.7 Å². The van der Waals surface area contributed by atoms with E-state index >= 15 is 0 Å². The van der Waals surface area contributed by atoms with Gasteiger partial charge in [0.2, 0.25) is 0 Å². The van der Waals surface area contributed by atoms with Crippen molar-refractivity contribution in [2.45, 2.75) is 4.90 Å². The standard InChI is InChI=1S/C12H8N2O3S/c15-12-10-5-1-2-6-11(10)18(16,17)14(12)9-4-3-7-13-8-9/h1-8H. The van der Waals surface area contributed by atoms with Gasteiger partial charge in [0.15, 0.2) is 0 Å². The Balaban J connectivity index is 2.25. The van der Waals surface area contributed by atoms with Gasteiger partial charge in [-0.05, 0) is 24.3 Å². The van der Waals surface area contributed by atoms with Crippen LogP contribution >= 0.6 is 0 Å². The molecule has 0 radical (unpaired) electrons. The molecule has 0 spiro atoms. The SMILES string of the molecule is O=C1c2ccccc2S(=O)(=O)N1c1cccnc1. The number of anilines is 1. The number of hydrogen-bond acceptors (Lipinski definition) is 4. The number of fused-ring (bicyclic) bond motifs is 1. The number of hydrogen-bond donors (Lipinski definition) is 0. The molecule has 0 aliphatic carbocycles. The summed E-state index contributed by atoms with van der Waals surface area (Å²) in [5.74, 6) is -0.543. The van der Waals surface area contributed by atoms with Crippen molar-refractivity contribution >= 4 is 21.6 Å². The number of carbonyl (C=O) groups excluding carboxylic acids is 1. The fraction of sp³-hybridized carbons (Fsp3) is 0. The molecule has 0 atom stereocenters. The van der Waals surface area contributed by atoms with E-state index in [0.29, 0.717) is 0 Å². The first-order valence-corrected chi connectivity index (χ1v) is 6.65. The van der Waals surface area contributed by atoms with Gasteiger partial charge in [-0.15, -0.1) is 0 Å². The highest BCUT2D eigenvalue weighted by atomic mass is 32.2. The second-order valence-electron chi connectivity index (χ2n) is 3.78. The van der Waals surface area contributed by atoms with Gasteiger partial charge in [-0.3, -0.25) is 9.78 Å². The van der Waals surface area contributed by atoms with Crippen LogP contribution in [0.5, 0.6) is 0 Å². The molecule has 0 fully saturated rings. The third kappa shape index (κ3) is 1.36. The van der Waals surface area contributed by atoms with Crippen molar-refractivity contribution in [1.82, 2.24) is 4.98 Å². The molecule has 0 saturated carbocycles. The molecule has 3 rings (SSSR count). The summed E-state index contributed by atoms with van der Waals surface area (Å²) in [7, 11) is -3.80. The molecular formula is C12H8N2O3S. The lowest BCUT2D eigenvalue weighted by molar-refractivity contribution is 0.101. The third-order valence-corrected chi connectivity index (χ3v) is 4.47. The fourth-order valence-electron chi connectivity index (χ4n) is 1.92. The Morgan fingerprint density at radius 3 is 2.50 bits per heavy atom. The first-order chi connectivity index (χ1) is 8.62. The van der Waals surface area contributed by atoms with Crippen LogP contribution in [-0.2, 0) is 10.0 Å². The quantitative estimate of drug-likeness (QED) is 0.778. The largest absolute Gasteiger partial charge is 0.273 e. The number of rotatable bonds is 1. The molecule has 1 aromatic heterocycles. The van der Waals surface area contributed by atoms with Crippen LogP contribution in [0, 0.1) is 0 Å². The van der Waals surface area contributed by atoms with Gasteiger partial charge in [0, 0.05) is 6.20 Å². The summed E-state index contributed by atoms with van der Waals surface area (Å²) in [5.41, 5.74) is 0.444. The average Bonchev–Trinajstić information content (AvgIpc) is 2.59.